The molecule has 1 aromatic carbocycles. The third-order valence-electron chi connectivity index (χ3n) is 2.23. The van der Waals surface area contributed by atoms with Crippen LogP contribution in [0.2, 0.25) is 0 Å². The van der Waals surface area contributed by atoms with Gasteiger partial charge < -0.3 is 15.3 Å². The van der Waals surface area contributed by atoms with Crippen molar-refractivity contribution in [2.45, 2.75) is 18.9 Å². The van der Waals surface area contributed by atoms with Gasteiger partial charge in [-0.05, 0) is 23.6 Å². The fourth-order valence-corrected chi connectivity index (χ4v) is 1.79. The smallest absolute Gasteiger partial charge is 0.337 e. The molecule has 0 saturated carbocycles. The van der Waals surface area contributed by atoms with Crippen molar-refractivity contribution < 1.29 is 24.9 Å². The number of aryl methyl sites for hydroxylation is 1. The van der Waals surface area contributed by atoms with E-state index in [1.165, 1.54) is 12.1 Å². The zero-order chi connectivity index (χ0) is 13.0. The second kappa shape index (κ2) is 5.79. The van der Waals surface area contributed by atoms with Crippen LogP contribution in [0.5, 0.6) is 0 Å². The van der Waals surface area contributed by atoms with E-state index in [0.29, 0.717) is 10.0 Å². The van der Waals surface area contributed by atoms with Crippen molar-refractivity contribution in [3.63, 3.8) is 0 Å². The number of hydrogen-bond donors (Lipinski definition) is 3. The van der Waals surface area contributed by atoms with Crippen molar-refractivity contribution in [2.75, 3.05) is 0 Å². The maximum Gasteiger partial charge on any atom is 0.337 e. The van der Waals surface area contributed by atoms with E-state index in [1.807, 2.05) is 0 Å². The van der Waals surface area contributed by atoms with Crippen LogP contribution >= 0.6 is 15.9 Å². The van der Waals surface area contributed by atoms with E-state index in [9.17, 15) is 14.7 Å². The summed E-state index contributed by atoms with van der Waals surface area (Å²) in [6.07, 6.45) is -1.37. The molecule has 0 bridgehead atoms. The Morgan fingerprint density at radius 2 is 1.94 bits per heavy atom. The minimum absolute atomic E-state index is 0.0504. The van der Waals surface area contributed by atoms with Crippen LogP contribution in [0.15, 0.2) is 22.7 Å². The minimum atomic E-state index is -1.59. The Morgan fingerprint density at radius 3 is 2.47 bits per heavy atom. The molecule has 0 amide bonds. The lowest BCUT2D eigenvalue weighted by Gasteiger charge is -2.09. The van der Waals surface area contributed by atoms with E-state index < -0.39 is 18.0 Å². The van der Waals surface area contributed by atoms with Crippen molar-refractivity contribution in [3.05, 3.63) is 33.8 Å². The summed E-state index contributed by atoms with van der Waals surface area (Å²) in [4.78, 5) is 21.1. The van der Waals surface area contributed by atoms with Gasteiger partial charge in [-0.1, -0.05) is 28.1 Å². The van der Waals surface area contributed by atoms with Gasteiger partial charge in [-0.2, -0.15) is 0 Å². The molecule has 17 heavy (non-hydrogen) atoms. The van der Waals surface area contributed by atoms with E-state index in [2.05, 4.69) is 15.9 Å². The first-order valence-electron chi connectivity index (χ1n) is 4.83. The molecule has 6 heteroatoms. The first-order valence-corrected chi connectivity index (χ1v) is 5.62. The second-order valence-electron chi connectivity index (χ2n) is 3.49. The number of carbonyl (C=O) groups is 2. The van der Waals surface area contributed by atoms with Crippen LogP contribution in [0.1, 0.15) is 23.7 Å². The average Bonchev–Trinajstić information content (AvgIpc) is 2.26. The van der Waals surface area contributed by atoms with Crippen LogP contribution in [0, 0.1) is 0 Å². The molecule has 0 aliphatic rings. The van der Waals surface area contributed by atoms with E-state index in [4.69, 9.17) is 10.2 Å². The Morgan fingerprint density at radius 1 is 1.29 bits per heavy atom. The van der Waals surface area contributed by atoms with E-state index in [1.54, 1.807) is 6.07 Å². The molecular weight excluding hydrogens is 292 g/mol. The van der Waals surface area contributed by atoms with Gasteiger partial charge in [0.2, 0.25) is 0 Å². The monoisotopic (exact) mass is 302 g/mol. The summed E-state index contributed by atoms with van der Waals surface area (Å²) in [5.74, 6) is -2.27. The molecular formula is C11H11BrO5. The second-order valence-corrected chi connectivity index (χ2v) is 4.34. The summed E-state index contributed by atoms with van der Waals surface area (Å²) in [7, 11) is 0. The van der Waals surface area contributed by atoms with Gasteiger partial charge in [0.1, 0.15) is 0 Å². The number of halogens is 1. The van der Waals surface area contributed by atoms with Crippen molar-refractivity contribution >= 4 is 27.9 Å². The molecule has 0 heterocycles. The van der Waals surface area contributed by atoms with E-state index in [0.717, 1.165) is 0 Å². The van der Waals surface area contributed by atoms with Crippen LogP contribution in [0.25, 0.3) is 0 Å². The van der Waals surface area contributed by atoms with Gasteiger partial charge in [0, 0.05) is 10.9 Å². The fraction of sp³-hybridized carbons (Fsp3) is 0.273. The Kier molecular flexibility index (Phi) is 4.65. The lowest BCUT2D eigenvalue weighted by molar-refractivity contribution is -0.147. The SMILES string of the molecule is O=C(O)CCc1cc(C(O)C(=O)O)ccc1Br. The summed E-state index contributed by atoms with van der Waals surface area (Å²) >= 11 is 3.24. The zero-order valence-corrected chi connectivity index (χ0v) is 10.3. The maximum absolute atomic E-state index is 10.6. The molecule has 92 valence electrons. The molecule has 5 nitrogen and oxygen atoms in total. The van der Waals surface area contributed by atoms with Crippen LogP contribution in [-0.4, -0.2) is 27.3 Å². The van der Waals surface area contributed by atoms with Crippen LogP contribution in [0.3, 0.4) is 0 Å². The highest BCUT2D eigenvalue weighted by molar-refractivity contribution is 9.10. The van der Waals surface area contributed by atoms with Crippen molar-refractivity contribution in [1.82, 2.24) is 0 Å². The third kappa shape index (κ3) is 3.83. The average molecular weight is 303 g/mol. The number of hydrogen-bond acceptors (Lipinski definition) is 3. The summed E-state index contributed by atoms with van der Waals surface area (Å²) in [6.45, 7) is 0. The number of carboxylic acid groups (broad SMARTS) is 2. The van der Waals surface area contributed by atoms with Gasteiger partial charge in [0.15, 0.2) is 6.10 Å². The molecule has 0 aromatic heterocycles. The fourth-order valence-electron chi connectivity index (χ4n) is 1.34. The Hall–Kier alpha value is -1.40. The molecule has 1 atom stereocenters. The van der Waals surface area contributed by atoms with Gasteiger partial charge in [0.25, 0.3) is 0 Å². The number of carboxylic acids is 2. The summed E-state index contributed by atoms with van der Waals surface area (Å²) < 4.78 is 0.695. The molecule has 1 aromatic rings. The molecule has 1 rings (SSSR count). The Bertz CT molecular complexity index is 443. The van der Waals surface area contributed by atoms with Crippen LogP contribution in [0.4, 0.5) is 0 Å². The normalized spacial score (nSPS) is 12.1. The van der Waals surface area contributed by atoms with Crippen LogP contribution in [-0.2, 0) is 16.0 Å². The van der Waals surface area contributed by atoms with Gasteiger partial charge in [-0.25, -0.2) is 4.79 Å². The molecule has 0 saturated heterocycles. The molecule has 0 spiro atoms. The van der Waals surface area contributed by atoms with Crippen molar-refractivity contribution in [3.8, 4) is 0 Å². The highest BCUT2D eigenvalue weighted by Crippen LogP contribution is 2.23. The standard InChI is InChI=1S/C11H11BrO5/c12-8-3-1-7(10(15)11(16)17)5-6(8)2-4-9(13)14/h1,3,5,10,15H,2,4H2,(H,13,14)(H,16,17). The first kappa shape index (κ1) is 13.7. The van der Waals surface area contributed by atoms with E-state index >= 15 is 0 Å². The number of aliphatic hydroxyl groups is 1. The van der Waals surface area contributed by atoms with Crippen molar-refractivity contribution in [1.29, 1.82) is 0 Å². The molecule has 0 radical (unpaired) electrons. The molecule has 0 aliphatic heterocycles. The number of aliphatic hydroxyl groups excluding tert-OH is 1. The number of rotatable bonds is 5. The minimum Gasteiger partial charge on any atom is -0.481 e. The summed E-state index contributed by atoms with van der Waals surface area (Å²) in [5, 5.41) is 26.6. The highest BCUT2D eigenvalue weighted by atomic mass is 79.9. The topological polar surface area (TPSA) is 94.8 Å². The van der Waals surface area contributed by atoms with Gasteiger partial charge in [0.05, 0.1) is 0 Å². The molecule has 3 N–H and O–H groups in total. The van der Waals surface area contributed by atoms with Gasteiger partial charge in [-0.3, -0.25) is 4.79 Å². The lowest BCUT2D eigenvalue weighted by atomic mass is 10.0. The predicted octanol–water partition coefficient (Wildman–Crippen LogP) is 1.58. The largest absolute Gasteiger partial charge is 0.481 e. The van der Waals surface area contributed by atoms with Crippen LogP contribution < -0.4 is 0 Å². The number of benzene rings is 1. The Labute approximate surface area is 106 Å². The quantitative estimate of drug-likeness (QED) is 0.767. The van der Waals surface area contributed by atoms with E-state index in [-0.39, 0.29) is 18.4 Å². The van der Waals surface area contributed by atoms with Crippen molar-refractivity contribution in [2.24, 2.45) is 0 Å². The number of aliphatic carboxylic acids is 2. The summed E-state index contributed by atoms with van der Waals surface area (Å²) in [6, 6.07) is 4.57. The van der Waals surface area contributed by atoms with Gasteiger partial charge in [-0.15, -0.1) is 0 Å². The van der Waals surface area contributed by atoms with Gasteiger partial charge >= 0.3 is 11.9 Å². The Balaban J connectivity index is 2.93. The highest BCUT2D eigenvalue weighted by Gasteiger charge is 2.17. The molecule has 0 fully saturated rings. The predicted molar refractivity (Wildman–Crippen MR) is 62.7 cm³/mol. The first-order chi connectivity index (χ1) is 7.91. The molecule has 0 aliphatic carbocycles. The zero-order valence-electron chi connectivity index (χ0n) is 8.76. The molecule has 1 unspecified atom stereocenters. The lowest BCUT2D eigenvalue weighted by Crippen LogP contribution is -2.11. The summed E-state index contributed by atoms with van der Waals surface area (Å²) in [5.41, 5.74) is 0.895. The third-order valence-corrected chi connectivity index (χ3v) is 3.00. The maximum atomic E-state index is 10.6.